The van der Waals surface area contributed by atoms with E-state index < -0.39 is 10.8 Å². The molecule has 0 saturated heterocycles. The van der Waals surface area contributed by atoms with E-state index in [0.29, 0.717) is 27.6 Å². The number of carbonyl (C=O) groups excluding carboxylic acids is 1. The van der Waals surface area contributed by atoms with E-state index in [2.05, 4.69) is 5.32 Å². The lowest BCUT2D eigenvalue weighted by Crippen LogP contribution is -2.13. The zero-order chi connectivity index (χ0) is 22.4. The SMILES string of the molecule is COc1ccc(NC(=O)/C(C#N)=C/c2ccc(-c3cccc([N+](=O)[O-])c3)s2)cc1OC. The molecule has 0 unspecified atom stereocenters. The second-order valence-corrected chi connectivity index (χ2v) is 7.32. The first-order chi connectivity index (χ1) is 14.9. The number of carbonyl (C=O) groups is 1. The Morgan fingerprint density at radius 1 is 1.13 bits per heavy atom. The van der Waals surface area contributed by atoms with Gasteiger partial charge in [-0.1, -0.05) is 12.1 Å². The first-order valence-corrected chi connectivity index (χ1v) is 9.76. The Morgan fingerprint density at radius 2 is 1.90 bits per heavy atom. The number of nitro benzene ring substituents is 1. The molecule has 1 N–H and O–H groups in total. The Kier molecular flexibility index (Phi) is 6.64. The Morgan fingerprint density at radius 3 is 2.58 bits per heavy atom. The maximum atomic E-state index is 12.6. The first-order valence-electron chi connectivity index (χ1n) is 8.95. The molecular weight excluding hydrogens is 418 g/mol. The van der Waals surface area contributed by atoms with Gasteiger partial charge >= 0.3 is 0 Å². The number of hydrogen-bond acceptors (Lipinski definition) is 7. The van der Waals surface area contributed by atoms with Crippen molar-refractivity contribution in [2.75, 3.05) is 19.5 Å². The number of methoxy groups -OCH3 is 2. The van der Waals surface area contributed by atoms with Gasteiger partial charge in [0.15, 0.2) is 11.5 Å². The molecule has 0 bridgehead atoms. The number of nitriles is 1. The molecule has 1 heterocycles. The first kappa shape index (κ1) is 21.5. The monoisotopic (exact) mass is 435 g/mol. The van der Waals surface area contributed by atoms with Crippen molar-refractivity contribution in [3.05, 3.63) is 75.2 Å². The number of anilines is 1. The van der Waals surface area contributed by atoms with Crippen molar-refractivity contribution < 1.29 is 19.2 Å². The van der Waals surface area contributed by atoms with Gasteiger partial charge in [-0.3, -0.25) is 14.9 Å². The molecule has 8 nitrogen and oxygen atoms in total. The molecule has 0 saturated carbocycles. The molecule has 0 spiro atoms. The van der Waals surface area contributed by atoms with Gasteiger partial charge in [0.25, 0.3) is 11.6 Å². The number of ether oxygens (including phenoxy) is 2. The van der Waals surface area contributed by atoms with E-state index in [1.807, 2.05) is 6.07 Å². The van der Waals surface area contributed by atoms with Crippen LogP contribution < -0.4 is 14.8 Å². The summed E-state index contributed by atoms with van der Waals surface area (Å²) < 4.78 is 10.4. The molecule has 0 aliphatic rings. The van der Waals surface area contributed by atoms with Crippen LogP contribution in [0.15, 0.2) is 60.2 Å². The molecule has 0 aliphatic heterocycles. The van der Waals surface area contributed by atoms with Crippen LogP contribution in [0, 0.1) is 21.4 Å². The average molecular weight is 435 g/mol. The lowest BCUT2D eigenvalue weighted by atomic mass is 10.1. The Bertz CT molecular complexity index is 1210. The fourth-order valence-electron chi connectivity index (χ4n) is 2.76. The minimum absolute atomic E-state index is 0.00463. The number of nitrogens with zero attached hydrogens (tertiary/aromatic N) is 2. The third-order valence-electron chi connectivity index (χ3n) is 4.26. The van der Waals surface area contributed by atoms with Crippen LogP contribution in [0.25, 0.3) is 16.5 Å². The number of hydrogen-bond donors (Lipinski definition) is 1. The molecular formula is C22H17N3O5S. The Hall–Kier alpha value is -4.16. The van der Waals surface area contributed by atoms with Crippen molar-refractivity contribution in [3.8, 4) is 28.0 Å². The summed E-state index contributed by atoms with van der Waals surface area (Å²) in [4.78, 5) is 24.5. The summed E-state index contributed by atoms with van der Waals surface area (Å²) in [6, 6.07) is 16.6. The van der Waals surface area contributed by atoms with E-state index in [1.165, 1.54) is 43.8 Å². The fraction of sp³-hybridized carbons (Fsp3) is 0.0909. The van der Waals surface area contributed by atoms with Crippen molar-refractivity contribution in [1.82, 2.24) is 0 Å². The van der Waals surface area contributed by atoms with Crippen LogP contribution in [0.2, 0.25) is 0 Å². The second kappa shape index (κ2) is 9.56. The largest absolute Gasteiger partial charge is 0.493 e. The molecule has 9 heteroatoms. The van der Waals surface area contributed by atoms with Crippen molar-refractivity contribution >= 4 is 34.7 Å². The topological polar surface area (TPSA) is 114 Å². The lowest BCUT2D eigenvalue weighted by molar-refractivity contribution is -0.384. The molecule has 0 atom stereocenters. The van der Waals surface area contributed by atoms with Gasteiger partial charge in [-0.2, -0.15) is 5.26 Å². The highest BCUT2D eigenvalue weighted by atomic mass is 32.1. The number of benzene rings is 2. The zero-order valence-corrected chi connectivity index (χ0v) is 17.4. The molecule has 3 rings (SSSR count). The van der Waals surface area contributed by atoms with Gasteiger partial charge in [0.2, 0.25) is 0 Å². The van der Waals surface area contributed by atoms with Crippen LogP contribution in [0.4, 0.5) is 11.4 Å². The number of thiophene rings is 1. The summed E-state index contributed by atoms with van der Waals surface area (Å²) in [7, 11) is 3.00. The lowest BCUT2D eigenvalue weighted by Gasteiger charge is -2.10. The quantitative estimate of drug-likeness (QED) is 0.245. The zero-order valence-electron chi connectivity index (χ0n) is 16.6. The number of rotatable bonds is 7. The predicted molar refractivity (Wildman–Crippen MR) is 118 cm³/mol. The van der Waals surface area contributed by atoms with Gasteiger partial charge in [0.1, 0.15) is 11.6 Å². The molecule has 156 valence electrons. The molecule has 0 fully saturated rings. The summed E-state index contributed by atoms with van der Waals surface area (Å²) in [5, 5.41) is 23.1. The number of nitro groups is 1. The van der Waals surface area contributed by atoms with Crippen LogP contribution >= 0.6 is 11.3 Å². The smallest absolute Gasteiger partial charge is 0.270 e. The van der Waals surface area contributed by atoms with Crippen molar-refractivity contribution in [2.45, 2.75) is 0 Å². The maximum Gasteiger partial charge on any atom is 0.270 e. The molecule has 0 aliphatic carbocycles. The highest BCUT2D eigenvalue weighted by molar-refractivity contribution is 7.16. The molecule has 1 aromatic heterocycles. The normalized spacial score (nSPS) is 10.8. The number of nitrogens with one attached hydrogen (secondary N) is 1. The van der Waals surface area contributed by atoms with Crippen LogP contribution in [0.5, 0.6) is 11.5 Å². The molecule has 31 heavy (non-hydrogen) atoms. The minimum atomic E-state index is -0.569. The highest BCUT2D eigenvalue weighted by Crippen LogP contribution is 2.32. The van der Waals surface area contributed by atoms with E-state index in [-0.39, 0.29) is 11.3 Å². The van der Waals surface area contributed by atoms with Gasteiger partial charge in [0.05, 0.1) is 19.1 Å². The van der Waals surface area contributed by atoms with Crippen LogP contribution in [-0.4, -0.2) is 25.1 Å². The number of amides is 1. The summed E-state index contributed by atoms with van der Waals surface area (Å²) in [5.74, 6) is 0.395. The van der Waals surface area contributed by atoms with E-state index in [9.17, 15) is 20.2 Å². The van der Waals surface area contributed by atoms with Crippen LogP contribution in [0.3, 0.4) is 0 Å². The summed E-state index contributed by atoms with van der Waals surface area (Å²) in [6.07, 6.45) is 1.47. The Balaban J connectivity index is 1.81. The summed E-state index contributed by atoms with van der Waals surface area (Å²) in [5.41, 5.74) is 1.05. The van der Waals surface area contributed by atoms with E-state index in [0.717, 1.165) is 4.88 Å². The van der Waals surface area contributed by atoms with Gasteiger partial charge in [-0.05, 0) is 35.9 Å². The van der Waals surface area contributed by atoms with E-state index >= 15 is 0 Å². The maximum absolute atomic E-state index is 12.6. The van der Waals surface area contributed by atoms with Crippen LogP contribution in [-0.2, 0) is 4.79 Å². The van der Waals surface area contributed by atoms with Gasteiger partial charge in [0, 0.05) is 33.6 Å². The third-order valence-corrected chi connectivity index (χ3v) is 5.34. The minimum Gasteiger partial charge on any atom is -0.493 e. The van der Waals surface area contributed by atoms with E-state index in [4.69, 9.17) is 9.47 Å². The molecule has 1 amide bonds. The van der Waals surface area contributed by atoms with E-state index in [1.54, 1.807) is 42.5 Å². The van der Waals surface area contributed by atoms with Crippen LogP contribution in [0.1, 0.15) is 4.88 Å². The highest BCUT2D eigenvalue weighted by Gasteiger charge is 2.13. The standard InChI is InChI=1S/C22H17N3O5S/c1-29-19-8-6-16(12-20(19)30-2)24-22(26)15(13-23)11-18-7-9-21(31-18)14-4-3-5-17(10-14)25(27)28/h3-12H,1-2H3,(H,24,26)/b15-11+. The third kappa shape index (κ3) is 5.07. The molecule has 2 aromatic carbocycles. The Labute approximate surface area is 182 Å². The van der Waals surface area contributed by atoms with Crippen molar-refractivity contribution in [3.63, 3.8) is 0 Å². The van der Waals surface area contributed by atoms with Gasteiger partial charge < -0.3 is 14.8 Å². The van der Waals surface area contributed by atoms with Gasteiger partial charge in [-0.15, -0.1) is 11.3 Å². The second-order valence-electron chi connectivity index (χ2n) is 6.20. The van der Waals surface area contributed by atoms with Crippen molar-refractivity contribution in [1.29, 1.82) is 5.26 Å². The predicted octanol–water partition coefficient (Wildman–Crippen LogP) is 4.89. The summed E-state index contributed by atoms with van der Waals surface area (Å²) >= 11 is 1.32. The average Bonchev–Trinajstić information content (AvgIpc) is 3.26. The molecule has 3 aromatic rings. The molecule has 0 radical (unpaired) electrons. The fourth-order valence-corrected chi connectivity index (χ4v) is 3.71. The van der Waals surface area contributed by atoms with Gasteiger partial charge in [-0.25, -0.2) is 0 Å². The number of non-ortho nitro benzene ring substituents is 1. The van der Waals surface area contributed by atoms with Crippen molar-refractivity contribution in [2.24, 2.45) is 0 Å². The summed E-state index contributed by atoms with van der Waals surface area (Å²) in [6.45, 7) is 0.